The lowest BCUT2D eigenvalue weighted by Gasteiger charge is -2.31. The molecule has 23 heavy (non-hydrogen) atoms. The van der Waals surface area contributed by atoms with E-state index in [2.05, 4.69) is 0 Å². The van der Waals surface area contributed by atoms with Crippen LogP contribution in [0.15, 0.2) is 54.6 Å². The normalized spacial score (nSPS) is 13.3. The van der Waals surface area contributed by atoms with Crippen molar-refractivity contribution in [2.45, 2.75) is 31.2 Å². The summed E-state index contributed by atoms with van der Waals surface area (Å²) in [6, 6.07) is 17.7. The van der Waals surface area contributed by atoms with Crippen LogP contribution in [0.1, 0.15) is 30.4 Å². The van der Waals surface area contributed by atoms with Gasteiger partial charge >= 0.3 is 5.97 Å². The Labute approximate surface area is 136 Å². The molecule has 0 fully saturated rings. The number of para-hydroxylation sites is 1. The minimum absolute atomic E-state index is 0.114. The minimum atomic E-state index is -0.799. The number of carbonyl (C=O) groups is 1. The van der Waals surface area contributed by atoms with Gasteiger partial charge in [-0.3, -0.25) is 4.79 Å². The van der Waals surface area contributed by atoms with Crippen molar-refractivity contribution in [2.24, 2.45) is 5.73 Å². The molecule has 4 heteroatoms. The topological polar surface area (TPSA) is 72.5 Å². The quantitative estimate of drug-likeness (QED) is 0.784. The third kappa shape index (κ3) is 4.57. The van der Waals surface area contributed by atoms with E-state index in [4.69, 9.17) is 15.6 Å². The molecule has 0 aliphatic heterocycles. The molecule has 0 aliphatic carbocycles. The summed E-state index contributed by atoms with van der Waals surface area (Å²) in [4.78, 5) is 10.8. The lowest BCUT2D eigenvalue weighted by atomic mass is 9.80. The maximum atomic E-state index is 10.8. The third-order valence-electron chi connectivity index (χ3n) is 4.02. The molecule has 0 saturated heterocycles. The number of aliphatic carboxylic acids is 1. The van der Waals surface area contributed by atoms with Crippen LogP contribution in [-0.4, -0.2) is 18.2 Å². The summed E-state index contributed by atoms with van der Waals surface area (Å²) in [5, 5.41) is 8.91. The molecule has 0 spiro atoms. The number of benzene rings is 2. The van der Waals surface area contributed by atoms with Gasteiger partial charge in [0.15, 0.2) is 0 Å². The van der Waals surface area contributed by atoms with Crippen molar-refractivity contribution < 1.29 is 14.6 Å². The van der Waals surface area contributed by atoms with E-state index in [-0.39, 0.29) is 6.42 Å². The second-order valence-electron chi connectivity index (χ2n) is 5.77. The maximum Gasteiger partial charge on any atom is 0.303 e. The Morgan fingerprint density at radius 2 is 1.78 bits per heavy atom. The van der Waals surface area contributed by atoms with Gasteiger partial charge in [0.05, 0.1) is 7.11 Å². The van der Waals surface area contributed by atoms with Crippen LogP contribution in [0.3, 0.4) is 0 Å². The van der Waals surface area contributed by atoms with Gasteiger partial charge in [-0.2, -0.15) is 0 Å². The van der Waals surface area contributed by atoms with E-state index in [1.165, 1.54) is 0 Å². The van der Waals surface area contributed by atoms with E-state index in [0.29, 0.717) is 19.3 Å². The van der Waals surface area contributed by atoms with Crippen molar-refractivity contribution in [3.05, 3.63) is 65.7 Å². The van der Waals surface area contributed by atoms with Gasteiger partial charge in [-0.05, 0) is 30.9 Å². The summed E-state index contributed by atoms with van der Waals surface area (Å²) in [6.07, 6.45) is 1.85. The smallest absolute Gasteiger partial charge is 0.303 e. The fourth-order valence-electron chi connectivity index (χ4n) is 2.89. The molecule has 0 radical (unpaired) electrons. The number of nitrogens with two attached hydrogens (primary N) is 1. The van der Waals surface area contributed by atoms with Gasteiger partial charge in [0.2, 0.25) is 0 Å². The summed E-state index contributed by atoms with van der Waals surface area (Å²) in [6.45, 7) is 0. The Hall–Kier alpha value is -2.33. The summed E-state index contributed by atoms with van der Waals surface area (Å²) < 4.78 is 5.46. The van der Waals surface area contributed by atoms with E-state index in [9.17, 15) is 4.79 Å². The molecule has 122 valence electrons. The molecule has 2 aromatic carbocycles. The van der Waals surface area contributed by atoms with Crippen LogP contribution in [0.2, 0.25) is 0 Å². The van der Waals surface area contributed by atoms with Crippen molar-refractivity contribution in [3.63, 3.8) is 0 Å². The van der Waals surface area contributed by atoms with Crippen LogP contribution in [-0.2, 0) is 16.8 Å². The first-order valence-electron chi connectivity index (χ1n) is 7.73. The van der Waals surface area contributed by atoms with Gasteiger partial charge in [0.25, 0.3) is 0 Å². The minimum Gasteiger partial charge on any atom is -0.496 e. The van der Waals surface area contributed by atoms with Crippen LogP contribution in [0.25, 0.3) is 0 Å². The van der Waals surface area contributed by atoms with Crippen molar-refractivity contribution in [3.8, 4) is 5.75 Å². The van der Waals surface area contributed by atoms with Crippen molar-refractivity contribution >= 4 is 5.97 Å². The van der Waals surface area contributed by atoms with E-state index in [0.717, 1.165) is 16.9 Å². The van der Waals surface area contributed by atoms with Crippen LogP contribution in [0, 0.1) is 0 Å². The Balaban J connectivity index is 2.31. The zero-order valence-corrected chi connectivity index (χ0v) is 13.4. The Morgan fingerprint density at radius 1 is 1.13 bits per heavy atom. The molecule has 0 bridgehead atoms. The first kappa shape index (κ1) is 17.0. The first-order valence-corrected chi connectivity index (χ1v) is 7.73. The van der Waals surface area contributed by atoms with E-state index >= 15 is 0 Å². The molecule has 0 amide bonds. The molecular weight excluding hydrogens is 290 g/mol. The SMILES string of the molecule is COc1ccccc1C(N)(CCCC(=O)O)Cc1ccccc1. The Bertz CT molecular complexity index is 642. The lowest BCUT2D eigenvalue weighted by Crippen LogP contribution is -2.39. The molecule has 3 N–H and O–H groups in total. The second-order valence-corrected chi connectivity index (χ2v) is 5.77. The highest BCUT2D eigenvalue weighted by Crippen LogP contribution is 2.34. The predicted octanol–water partition coefficient (Wildman–Crippen LogP) is 3.35. The fourth-order valence-corrected chi connectivity index (χ4v) is 2.89. The molecule has 4 nitrogen and oxygen atoms in total. The molecule has 1 atom stereocenters. The number of carboxylic acid groups (broad SMARTS) is 1. The molecular formula is C19H23NO3. The average Bonchev–Trinajstić information content (AvgIpc) is 2.55. The molecule has 1 unspecified atom stereocenters. The van der Waals surface area contributed by atoms with Gasteiger partial charge in [0.1, 0.15) is 5.75 Å². The predicted molar refractivity (Wildman–Crippen MR) is 90.5 cm³/mol. The van der Waals surface area contributed by atoms with Gasteiger partial charge in [-0.25, -0.2) is 0 Å². The Kier molecular flexibility index (Phi) is 5.77. The molecule has 0 saturated carbocycles. The molecule has 0 aromatic heterocycles. The van der Waals surface area contributed by atoms with Gasteiger partial charge in [-0.15, -0.1) is 0 Å². The molecule has 0 aliphatic rings. The maximum absolute atomic E-state index is 10.8. The van der Waals surface area contributed by atoms with Crippen molar-refractivity contribution in [1.29, 1.82) is 0 Å². The van der Waals surface area contributed by atoms with Gasteiger partial charge in [0, 0.05) is 17.5 Å². The summed E-state index contributed by atoms with van der Waals surface area (Å²) in [5.41, 5.74) is 8.11. The highest BCUT2D eigenvalue weighted by atomic mass is 16.5. The van der Waals surface area contributed by atoms with Crippen LogP contribution in [0.4, 0.5) is 0 Å². The van der Waals surface area contributed by atoms with Gasteiger partial charge in [-0.1, -0.05) is 48.5 Å². The zero-order valence-electron chi connectivity index (χ0n) is 13.4. The number of carboxylic acids is 1. The number of hydrogen-bond acceptors (Lipinski definition) is 3. The summed E-state index contributed by atoms with van der Waals surface area (Å²) in [5.74, 6) is -0.0617. The number of ether oxygens (including phenoxy) is 1. The van der Waals surface area contributed by atoms with Crippen LogP contribution >= 0.6 is 0 Å². The van der Waals surface area contributed by atoms with E-state index in [1.807, 2.05) is 54.6 Å². The van der Waals surface area contributed by atoms with E-state index in [1.54, 1.807) is 7.11 Å². The van der Waals surface area contributed by atoms with E-state index < -0.39 is 11.5 Å². The lowest BCUT2D eigenvalue weighted by molar-refractivity contribution is -0.137. The summed E-state index contributed by atoms with van der Waals surface area (Å²) in [7, 11) is 1.62. The van der Waals surface area contributed by atoms with Crippen molar-refractivity contribution in [1.82, 2.24) is 0 Å². The van der Waals surface area contributed by atoms with Gasteiger partial charge < -0.3 is 15.6 Å². The largest absolute Gasteiger partial charge is 0.496 e. The average molecular weight is 313 g/mol. The van der Waals surface area contributed by atoms with Crippen molar-refractivity contribution in [2.75, 3.05) is 7.11 Å². The summed E-state index contributed by atoms with van der Waals surface area (Å²) >= 11 is 0. The zero-order chi connectivity index (χ0) is 16.7. The number of methoxy groups -OCH3 is 1. The van der Waals surface area contributed by atoms with Crippen LogP contribution in [0.5, 0.6) is 5.75 Å². The molecule has 2 aromatic rings. The Morgan fingerprint density at radius 3 is 2.43 bits per heavy atom. The fraction of sp³-hybridized carbons (Fsp3) is 0.316. The standard InChI is InChI=1S/C19H23NO3/c1-23-17-11-6-5-10-16(17)19(20,13-7-12-18(21)22)14-15-8-3-2-4-9-15/h2-6,8-11H,7,12-14,20H2,1H3,(H,21,22). The third-order valence-corrected chi connectivity index (χ3v) is 4.02. The molecule has 0 heterocycles. The second kappa shape index (κ2) is 7.79. The van der Waals surface area contributed by atoms with Crippen LogP contribution < -0.4 is 10.5 Å². The number of rotatable bonds is 8. The number of hydrogen-bond donors (Lipinski definition) is 2. The monoisotopic (exact) mass is 313 g/mol. The first-order chi connectivity index (χ1) is 11.0. The highest BCUT2D eigenvalue weighted by molar-refractivity contribution is 5.66. The highest BCUT2D eigenvalue weighted by Gasteiger charge is 2.30. The molecule has 2 rings (SSSR count).